The summed E-state index contributed by atoms with van der Waals surface area (Å²) in [4.78, 5) is 71.8. The molecule has 0 spiro atoms. The third-order valence-electron chi connectivity index (χ3n) is 5.21. The van der Waals surface area contributed by atoms with Gasteiger partial charge in [0.1, 0.15) is 18.1 Å². The van der Waals surface area contributed by atoms with Gasteiger partial charge in [-0.3, -0.25) is 24.0 Å². The zero-order valence-electron chi connectivity index (χ0n) is 20.4. The van der Waals surface area contributed by atoms with Gasteiger partial charge in [-0.05, 0) is 58.0 Å². The highest BCUT2D eigenvalue weighted by atomic mass is 16.4. The molecular weight excluding hydrogens is 476 g/mol. The maximum Gasteiger partial charge on any atom is 0.326 e. The zero-order valence-corrected chi connectivity index (χ0v) is 20.4. The molecule has 14 N–H and O–H groups in total. The van der Waals surface area contributed by atoms with E-state index in [0.717, 1.165) is 0 Å². The highest BCUT2D eigenvalue weighted by Crippen LogP contribution is 2.07. The summed E-state index contributed by atoms with van der Waals surface area (Å²) in [6, 6.07) is -4.91. The van der Waals surface area contributed by atoms with Crippen molar-refractivity contribution >= 4 is 35.5 Å². The summed E-state index contributed by atoms with van der Waals surface area (Å²) in [5.41, 5.74) is 26.8. The summed E-state index contributed by atoms with van der Waals surface area (Å²) in [7, 11) is 0. The predicted octanol–water partition coefficient (Wildman–Crippen LogP) is -3.75. The van der Waals surface area contributed by atoms with Gasteiger partial charge < -0.3 is 49.7 Å². The van der Waals surface area contributed by atoms with Crippen molar-refractivity contribution in [3.8, 4) is 0 Å². The smallest absolute Gasteiger partial charge is 0.326 e. The fourth-order valence-electron chi connectivity index (χ4n) is 3.20. The number of rotatable bonds is 20. The molecule has 0 heterocycles. The summed E-state index contributed by atoms with van der Waals surface area (Å²) >= 11 is 0. The molecule has 0 bridgehead atoms. The summed E-state index contributed by atoms with van der Waals surface area (Å²) < 4.78 is 0. The molecule has 15 nitrogen and oxygen atoms in total. The molecule has 0 aliphatic carbocycles. The van der Waals surface area contributed by atoms with Crippen molar-refractivity contribution in [2.75, 3.05) is 13.1 Å². The first-order valence-corrected chi connectivity index (χ1v) is 11.8. The number of nitrogens with one attached hydrogen (secondary N) is 3. The Morgan fingerprint density at radius 3 is 1.47 bits per heavy atom. The van der Waals surface area contributed by atoms with E-state index in [1.54, 1.807) is 0 Å². The largest absolute Gasteiger partial charge is 0.480 e. The Morgan fingerprint density at radius 1 is 0.639 bits per heavy atom. The van der Waals surface area contributed by atoms with Crippen molar-refractivity contribution in [2.45, 2.75) is 82.0 Å². The average Bonchev–Trinajstić information content (AvgIpc) is 2.79. The maximum absolute atomic E-state index is 13.0. The summed E-state index contributed by atoms with van der Waals surface area (Å²) in [5.74, 6) is -5.15. The summed E-state index contributed by atoms with van der Waals surface area (Å²) in [6.07, 6.45) is 1.43. The zero-order chi connectivity index (χ0) is 27.7. The van der Waals surface area contributed by atoms with Crippen molar-refractivity contribution in [1.29, 1.82) is 0 Å². The molecule has 0 aliphatic rings. The number of unbranched alkanes of at least 4 members (excludes halogenated alkanes) is 2. The van der Waals surface area contributed by atoms with Crippen LogP contribution in [0.15, 0.2) is 0 Å². The van der Waals surface area contributed by atoms with E-state index in [2.05, 4.69) is 16.0 Å². The molecule has 0 aromatic rings. The average molecular weight is 517 g/mol. The standard InChI is InChI=1S/C21H40N8O7/c22-9-3-1-5-13(27-18(32)12(24)11-17(26)31)19(33)28-14(6-2-4-10-23)20(34)29-15(21(35)36)7-8-16(25)30/h12-15H,1-11,22-24H2,(H2,25,30)(H2,26,31)(H,27,32)(H,28,33)(H,29,34)(H,35,36). The van der Waals surface area contributed by atoms with Crippen LogP contribution in [-0.4, -0.2) is 77.9 Å². The minimum atomic E-state index is -1.40. The van der Waals surface area contributed by atoms with Crippen LogP contribution in [0.1, 0.15) is 57.8 Å². The Balaban J connectivity index is 5.55. The van der Waals surface area contributed by atoms with Gasteiger partial charge in [0.05, 0.1) is 12.5 Å². The van der Waals surface area contributed by atoms with E-state index in [0.29, 0.717) is 38.8 Å². The number of primary amides is 2. The molecule has 4 atom stereocenters. The number of hydrogen-bond donors (Lipinski definition) is 9. The number of carbonyl (C=O) groups excluding carboxylic acids is 5. The van der Waals surface area contributed by atoms with Crippen LogP contribution in [0.3, 0.4) is 0 Å². The monoisotopic (exact) mass is 516 g/mol. The quantitative estimate of drug-likeness (QED) is 0.0712. The van der Waals surface area contributed by atoms with Gasteiger partial charge in [0.25, 0.3) is 0 Å². The molecule has 15 heteroatoms. The van der Waals surface area contributed by atoms with E-state index in [9.17, 15) is 33.9 Å². The minimum Gasteiger partial charge on any atom is -0.480 e. The van der Waals surface area contributed by atoms with Gasteiger partial charge in [0.2, 0.25) is 29.5 Å². The lowest BCUT2D eigenvalue weighted by Gasteiger charge is -2.25. The van der Waals surface area contributed by atoms with Crippen LogP contribution >= 0.6 is 0 Å². The van der Waals surface area contributed by atoms with Crippen molar-refractivity contribution in [2.24, 2.45) is 28.7 Å². The van der Waals surface area contributed by atoms with E-state index in [1.807, 2.05) is 0 Å². The van der Waals surface area contributed by atoms with Gasteiger partial charge in [-0.2, -0.15) is 0 Å². The van der Waals surface area contributed by atoms with E-state index < -0.39 is 66.1 Å². The Kier molecular flexibility index (Phi) is 16.4. The van der Waals surface area contributed by atoms with Gasteiger partial charge in [0.15, 0.2) is 0 Å². The van der Waals surface area contributed by atoms with Crippen LogP contribution in [-0.2, 0) is 28.8 Å². The molecule has 0 aromatic heterocycles. The van der Waals surface area contributed by atoms with Gasteiger partial charge in [0, 0.05) is 6.42 Å². The summed E-state index contributed by atoms with van der Waals surface area (Å²) in [6.45, 7) is 0.698. The molecule has 0 rings (SSSR count). The lowest BCUT2D eigenvalue weighted by molar-refractivity contribution is -0.142. The Labute approximate surface area is 209 Å². The molecule has 206 valence electrons. The number of carboxylic acid groups (broad SMARTS) is 1. The molecular formula is C21H40N8O7. The number of hydrogen-bond acceptors (Lipinski definition) is 9. The van der Waals surface area contributed by atoms with Crippen LogP contribution in [0.25, 0.3) is 0 Å². The van der Waals surface area contributed by atoms with Crippen LogP contribution in [0.2, 0.25) is 0 Å². The van der Waals surface area contributed by atoms with E-state index in [1.165, 1.54) is 0 Å². The number of amides is 5. The lowest BCUT2D eigenvalue weighted by Crippen LogP contribution is -2.57. The van der Waals surface area contributed by atoms with Gasteiger partial charge >= 0.3 is 5.97 Å². The van der Waals surface area contributed by atoms with Gasteiger partial charge in [-0.1, -0.05) is 0 Å². The van der Waals surface area contributed by atoms with Crippen molar-refractivity contribution in [1.82, 2.24) is 16.0 Å². The number of aliphatic carboxylic acids is 1. The number of carbonyl (C=O) groups is 6. The first-order chi connectivity index (χ1) is 16.9. The fraction of sp³-hybridized carbons (Fsp3) is 0.714. The van der Waals surface area contributed by atoms with Crippen molar-refractivity contribution < 1.29 is 33.9 Å². The highest BCUT2D eigenvalue weighted by Gasteiger charge is 2.30. The highest BCUT2D eigenvalue weighted by molar-refractivity contribution is 5.95. The Hall–Kier alpha value is -3.30. The first kappa shape index (κ1) is 32.7. The molecule has 0 radical (unpaired) electrons. The molecule has 0 aliphatic heterocycles. The maximum atomic E-state index is 13.0. The van der Waals surface area contributed by atoms with Crippen LogP contribution in [0.5, 0.6) is 0 Å². The third-order valence-corrected chi connectivity index (χ3v) is 5.21. The molecule has 4 unspecified atom stereocenters. The normalized spacial score (nSPS) is 14.1. The third kappa shape index (κ3) is 14.2. The SMILES string of the molecule is NCCCCC(NC(=O)C(N)CC(N)=O)C(=O)NC(CCCCN)C(=O)NC(CCC(N)=O)C(=O)O. The van der Waals surface area contributed by atoms with Crippen LogP contribution in [0.4, 0.5) is 0 Å². The van der Waals surface area contributed by atoms with Crippen molar-refractivity contribution in [3.63, 3.8) is 0 Å². The van der Waals surface area contributed by atoms with E-state index in [4.69, 9.17) is 28.7 Å². The predicted molar refractivity (Wildman–Crippen MR) is 129 cm³/mol. The van der Waals surface area contributed by atoms with Gasteiger partial charge in [-0.15, -0.1) is 0 Å². The summed E-state index contributed by atoms with van der Waals surface area (Å²) in [5, 5.41) is 16.7. The second-order valence-electron chi connectivity index (χ2n) is 8.37. The second-order valence-corrected chi connectivity index (χ2v) is 8.37. The molecule has 0 saturated carbocycles. The number of nitrogens with two attached hydrogens (primary N) is 5. The molecule has 0 saturated heterocycles. The van der Waals surface area contributed by atoms with Crippen LogP contribution < -0.4 is 44.6 Å². The topological polar surface area (TPSA) is 289 Å². The second kappa shape index (κ2) is 18.0. The molecule has 36 heavy (non-hydrogen) atoms. The van der Waals surface area contributed by atoms with E-state index in [-0.39, 0.29) is 25.7 Å². The van der Waals surface area contributed by atoms with Crippen molar-refractivity contribution in [3.05, 3.63) is 0 Å². The van der Waals surface area contributed by atoms with E-state index >= 15 is 0 Å². The fourth-order valence-corrected chi connectivity index (χ4v) is 3.20. The Bertz CT molecular complexity index is 765. The Morgan fingerprint density at radius 2 is 1.08 bits per heavy atom. The first-order valence-electron chi connectivity index (χ1n) is 11.8. The van der Waals surface area contributed by atoms with Crippen LogP contribution in [0, 0.1) is 0 Å². The minimum absolute atomic E-state index is 0.140. The van der Waals surface area contributed by atoms with Gasteiger partial charge in [-0.25, -0.2) is 4.79 Å². The molecule has 5 amide bonds. The molecule has 0 aromatic carbocycles. The lowest BCUT2D eigenvalue weighted by atomic mass is 10.0. The molecule has 0 fully saturated rings. The number of carboxylic acids is 1.